The summed E-state index contributed by atoms with van der Waals surface area (Å²) in [4.78, 5) is 22.9. The summed E-state index contributed by atoms with van der Waals surface area (Å²) in [6.45, 7) is 0. The van der Waals surface area contributed by atoms with Crippen molar-refractivity contribution in [3.05, 3.63) is 92.7 Å². The van der Waals surface area contributed by atoms with Gasteiger partial charge in [-0.05, 0) is 70.8 Å². The third-order valence-corrected chi connectivity index (χ3v) is 12.0. The predicted octanol–water partition coefficient (Wildman–Crippen LogP) is 3.06. The van der Waals surface area contributed by atoms with Crippen LogP contribution < -0.4 is 20.3 Å². The van der Waals surface area contributed by atoms with Crippen LogP contribution in [0.1, 0.15) is 31.8 Å². The first-order valence-corrected chi connectivity index (χ1v) is 21.8. The van der Waals surface area contributed by atoms with E-state index in [9.17, 15) is 71.7 Å². The molecule has 2 aliphatic rings. The molecule has 4 aromatic rings. The number of rotatable bonds is 11. The Morgan fingerprint density at radius 1 is 0.517 bits per heavy atom. The van der Waals surface area contributed by atoms with Crippen molar-refractivity contribution in [3.63, 3.8) is 0 Å². The number of phenolic OH excluding ortho intramolecular Hbond substituents is 2. The number of allylic oxidation sites excluding steroid dienone is 2. The fourth-order valence-electron chi connectivity index (χ4n) is 5.91. The molecule has 0 saturated carbocycles. The van der Waals surface area contributed by atoms with Gasteiger partial charge in [0.25, 0.3) is 40.5 Å². The van der Waals surface area contributed by atoms with Crippen molar-refractivity contribution >= 4 is 87.0 Å². The summed E-state index contributed by atoms with van der Waals surface area (Å²) in [7, 11) is -17.7. The molecular formula is C34H26N4O18S4. The lowest BCUT2D eigenvalue weighted by molar-refractivity contribution is 0.105. The van der Waals surface area contributed by atoms with E-state index in [0.717, 1.165) is 0 Å². The number of ketones is 2. The van der Waals surface area contributed by atoms with Crippen molar-refractivity contribution in [2.24, 2.45) is 10.2 Å². The Bertz CT molecular complexity index is 2960. The molecule has 0 fully saturated rings. The predicted molar refractivity (Wildman–Crippen MR) is 211 cm³/mol. The molecule has 0 aromatic heterocycles. The molecule has 0 radical (unpaired) electrons. The van der Waals surface area contributed by atoms with Crippen LogP contribution in [0.3, 0.4) is 0 Å². The number of hydrogen-bond acceptors (Lipinski definition) is 18. The topological polar surface area (TPSA) is 359 Å². The van der Waals surface area contributed by atoms with Crippen LogP contribution in [0.5, 0.6) is 23.0 Å². The van der Waals surface area contributed by atoms with E-state index in [0.29, 0.717) is 47.5 Å². The summed E-state index contributed by atoms with van der Waals surface area (Å²) < 4.78 is 145. The van der Waals surface area contributed by atoms with E-state index in [4.69, 9.17) is 9.47 Å². The molecule has 8 N–H and O–H groups in total. The highest BCUT2D eigenvalue weighted by atomic mass is 32.2. The van der Waals surface area contributed by atoms with Crippen molar-refractivity contribution in [1.29, 1.82) is 0 Å². The number of fused-ring (bicyclic) bond motifs is 2. The van der Waals surface area contributed by atoms with Crippen LogP contribution in [0.4, 0.5) is 11.4 Å². The SMILES string of the molecule is COc1cc(-c2ccc(NN=C3C(=O)c4c(O)cc(S(=O)(=O)O)cc4C=C3S(=O)(=O)O)c(OC)c2)ccc1NN=C1C(=O)c2c(O)cc(S(=O)(=O)O)cc2C=C1S(=O)(=O)O. The quantitative estimate of drug-likeness (QED) is 0.0791. The van der Waals surface area contributed by atoms with Gasteiger partial charge in [-0.3, -0.25) is 38.7 Å². The monoisotopic (exact) mass is 906 g/mol. The Kier molecular flexibility index (Phi) is 11.0. The van der Waals surface area contributed by atoms with E-state index >= 15 is 0 Å². The molecule has 4 aromatic carbocycles. The first-order valence-electron chi connectivity index (χ1n) is 16.0. The normalized spacial score (nSPS) is 15.8. The average molecular weight is 907 g/mol. The van der Waals surface area contributed by atoms with Gasteiger partial charge in [-0.15, -0.1) is 0 Å². The maximum atomic E-state index is 13.4. The largest absolute Gasteiger partial charge is 0.507 e. The molecule has 0 unspecified atom stereocenters. The molecule has 314 valence electrons. The van der Waals surface area contributed by atoms with E-state index in [1.165, 1.54) is 50.6 Å². The average Bonchev–Trinajstić information content (AvgIpc) is 3.14. The Balaban J connectivity index is 1.31. The second kappa shape index (κ2) is 15.3. The summed E-state index contributed by atoms with van der Waals surface area (Å²) >= 11 is 0. The number of benzene rings is 4. The van der Waals surface area contributed by atoms with Crippen LogP contribution in [0.25, 0.3) is 23.3 Å². The maximum absolute atomic E-state index is 13.4. The minimum Gasteiger partial charge on any atom is -0.507 e. The van der Waals surface area contributed by atoms with Crippen molar-refractivity contribution in [2.75, 3.05) is 25.1 Å². The minimum absolute atomic E-state index is 0.0377. The molecule has 0 saturated heterocycles. The van der Waals surface area contributed by atoms with Gasteiger partial charge in [0.1, 0.15) is 32.8 Å². The maximum Gasteiger partial charge on any atom is 0.296 e. The smallest absolute Gasteiger partial charge is 0.296 e. The lowest BCUT2D eigenvalue weighted by atomic mass is 9.94. The molecule has 0 amide bonds. The number of hydrogen-bond donors (Lipinski definition) is 8. The lowest BCUT2D eigenvalue weighted by Crippen LogP contribution is -2.27. The molecule has 0 heterocycles. The van der Waals surface area contributed by atoms with E-state index < -0.39 is 117 Å². The molecule has 2 aliphatic carbocycles. The highest BCUT2D eigenvalue weighted by molar-refractivity contribution is 7.91. The van der Waals surface area contributed by atoms with Gasteiger partial charge in [0, 0.05) is 12.1 Å². The Morgan fingerprint density at radius 2 is 0.867 bits per heavy atom. The molecule has 0 aliphatic heterocycles. The van der Waals surface area contributed by atoms with E-state index in [2.05, 4.69) is 21.1 Å². The van der Waals surface area contributed by atoms with Gasteiger partial charge in [0.15, 0.2) is 11.4 Å². The van der Waals surface area contributed by atoms with Crippen LogP contribution in [-0.2, 0) is 40.5 Å². The molecule has 22 nitrogen and oxygen atoms in total. The highest BCUT2D eigenvalue weighted by Crippen LogP contribution is 2.38. The van der Waals surface area contributed by atoms with Crippen LogP contribution >= 0.6 is 0 Å². The van der Waals surface area contributed by atoms with Gasteiger partial charge < -0.3 is 19.7 Å². The van der Waals surface area contributed by atoms with Crippen LogP contribution in [0.2, 0.25) is 0 Å². The second-order valence-corrected chi connectivity index (χ2v) is 18.0. The van der Waals surface area contributed by atoms with Crippen molar-refractivity contribution < 1.29 is 81.2 Å². The number of phenols is 2. The number of carbonyl (C=O) groups is 2. The van der Waals surface area contributed by atoms with Crippen LogP contribution in [0.15, 0.2) is 90.5 Å². The van der Waals surface area contributed by atoms with Gasteiger partial charge in [-0.25, -0.2) is 0 Å². The Morgan fingerprint density at radius 3 is 1.17 bits per heavy atom. The zero-order valence-corrected chi connectivity index (χ0v) is 33.3. The van der Waals surface area contributed by atoms with Crippen molar-refractivity contribution in [3.8, 4) is 34.1 Å². The van der Waals surface area contributed by atoms with E-state index in [-0.39, 0.29) is 22.9 Å². The second-order valence-electron chi connectivity index (χ2n) is 12.4. The first kappa shape index (κ1) is 43.1. The van der Waals surface area contributed by atoms with Gasteiger partial charge in [-0.2, -0.15) is 43.9 Å². The summed E-state index contributed by atoms with van der Waals surface area (Å²) in [5.41, 5.74) is 1.96. The van der Waals surface area contributed by atoms with Crippen molar-refractivity contribution in [2.45, 2.75) is 9.79 Å². The number of hydrazone groups is 2. The third kappa shape index (κ3) is 8.33. The van der Waals surface area contributed by atoms with E-state index in [1.54, 1.807) is 0 Å². The van der Waals surface area contributed by atoms with Crippen LogP contribution in [-0.4, -0.2) is 99.3 Å². The van der Waals surface area contributed by atoms with Gasteiger partial charge in [-0.1, -0.05) is 12.1 Å². The minimum atomic E-state index is -5.20. The Labute approximate surface area is 338 Å². The molecule has 0 spiro atoms. The standard InChI is InChI=1S/C34H26N4O18S4/c1-55-25-9-15(3-5-21(25)35-37-31-27(59(49,50)51)11-17-7-19(57(43,44)45)13-23(39)29(17)33(31)41)16-4-6-22(26(10-16)56-2)36-38-32-28(60(52,53)54)12-18-8-20(58(46,47)48)14-24(40)30(18)34(32)42/h3-14,35-36,39-40H,1-2H3,(H,43,44,45)(H,46,47,48)(H,49,50,51)(H,52,53,54). The fraction of sp³-hybridized carbons (Fsp3) is 0.0588. The lowest BCUT2D eigenvalue weighted by Gasteiger charge is -2.18. The summed E-state index contributed by atoms with van der Waals surface area (Å²) in [5.74, 6) is -4.27. The zero-order chi connectivity index (χ0) is 44.3. The zero-order valence-electron chi connectivity index (χ0n) is 30.0. The fourth-order valence-corrected chi connectivity index (χ4v) is 8.30. The molecule has 0 bridgehead atoms. The van der Waals surface area contributed by atoms with Crippen LogP contribution in [0, 0.1) is 0 Å². The molecule has 26 heteroatoms. The number of Topliss-reactive ketones (excluding diaryl/α,β-unsaturated/α-hetero) is 2. The van der Waals surface area contributed by atoms with Gasteiger partial charge in [0.2, 0.25) is 11.6 Å². The number of carbonyl (C=O) groups excluding carboxylic acids is 2. The molecule has 0 atom stereocenters. The summed E-state index contributed by atoms with van der Waals surface area (Å²) in [5, 5.41) is 28.5. The number of methoxy groups -OCH3 is 2. The first-order chi connectivity index (χ1) is 27.8. The molecule has 60 heavy (non-hydrogen) atoms. The number of ether oxygens (including phenoxy) is 2. The number of anilines is 2. The number of nitrogens with zero attached hydrogens (tertiary/aromatic N) is 2. The highest BCUT2D eigenvalue weighted by Gasteiger charge is 2.37. The number of aromatic hydroxyl groups is 2. The molecule has 6 rings (SSSR count). The molecular weight excluding hydrogens is 881 g/mol. The van der Waals surface area contributed by atoms with Crippen molar-refractivity contribution in [1.82, 2.24) is 0 Å². The third-order valence-electron chi connectivity index (χ3n) is 8.63. The van der Waals surface area contributed by atoms with Gasteiger partial charge in [0.05, 0.1) is 46.5 Å². The van der Waals surface area contributed by atoms with Gasteiger partial charge >= 0.3 is 0 Å². The number of nitrogens with one attached hydrogen (secondary N) is 2. The summed E-state index contributed by atoms with van der Waals surface area (Å²) in [6.07, 6.45) is 1.34. The Hall–Kier alpha value is -6.52. The summed E-state index contributed by atoms with van der Waals surface area (Å²) in [6, 6.07) is 11.3. The van der Waals surface area contributed by atoms with E-state index in [1.807, 2.05) is 0 Å².